The monoisotopic (exact) mass is 275 g/mol. The second-order valence-electron chi connectivity index (χ2n) is 5.58. The summed E-state index contributed by atoms with van der Waals surface area (Å²) in [6.07, 6.45) is 0.938. The van der Waals surface area contributed by atoms with Gasteiger partial charge < -0.3 is 14.7 Å². The van der Waals surface area contributed by atoms with Gasteiger partial charge in [0.2, 0.25) is 0 Å². The lowest BCUT2D eigenvalue weighted by Gasteiger charge is -2.35. The zero-order chi connectivity index (χ0) is 14.0. The summed E-state index contributed by atoms with van der Waals surface area (Å²) in [4.78, 5) is 18.1. The molecule has 0 spiro atoms. The normalized spacial score (nSPS) is 19.4. The molecule has 1 aromatic rings. The first-order valence-corrected chi connectivity index (χ1v) is 6.39. The van der Waals surface area contributed by atoms with E-state index in [1.54, 1.807) is 20.8 Å². The highest BCUT2D eigenvalue weighted by Gasteiger charge is 2.34. The molecule has 19 heavy (non-hydrogen) atoms. The molecule has 1 N–H and O–H groups in total. The average molecular weight is 275 g/mol. The van der Waals surface area contributed by atoms with Gasteiger partial charge in [0.15, 0.2) is 6.61 Å². The summed E-state index contributed by atoms with van der Waals surface area (Å²) < 4.78 is 10.1. The minimum atomic E-state index is -0.506. The zero-order valence-electron chi connectivity index (χ0n) is 11.5. The van der Waals surface area contributed by atoms with Crippen LogP contribution < -0.4 is 9.85 Å². The van der Waals surface area contributed by atoms with Crippen molar-refractivity contribution in [3.05, 3.63) is 0 Å². The van der Waals surface area contributed by atoms with Crippen molar-refractivity contribution >= 4 is 5.97 Å². The largest absolute Gasteiger partial charge is 0.462 e. The number of aliphatic hydroxyl groups is 1. The lowest BCUT2D eigenvalue weighted by atomic mass is 9.97. The number of ether oxygens (including phenoxy) is 1. The number of nitrogens with zero attached hydrogens (tertiary/aromatic N) is 3. The van der Waals surface area contributed by atoms with E-state index in [0.717, 1.165) is 13.0 Å². The highest BCUT2D eigenvalue weighted by Crippen LogP contribution is 2.17. The Labute approximate surface area is 111 Å². The Kier molecular flexibility index (Phi) is 3.79. The Morgan fingerprint density at radius 1 is 1.42 bits per heavy atom. The van der Waals surface area contributed by atoms with Crippen molar-refractivity contribution < 1.29 is 24.1 Å². The van der Waals surface area contributed by atoms with E-state index in [0.29, 0.717) is 0 Å². The van der Waals surface area contributed by atoms with Crippen LogP contribution in [0.1, 0.15) is 27.2 Å². The summed E-state index contributed by atoms with van der Waals surface area (Å²) in [5, 5.41) is 12.1. The predicted molar refractivity (Wildman–Crippen MR) is 65.1 cm³/mol. The first-order valence-electron chi connectivity index (χ1n) is 6.39. The number of aromatic nitrogens is 2. The Morgan fingerprint density at radius 2 is 2.16 bits per heavy atom. The van der Waals surface area contributed by atoms with E-state index in [1.807, 2.05) is 5.01 Å². The quantitative estimate of drug-likeness (QED) is 0.562. The molecule has 2 heterocycles. The van der Waals surface area contributed by atoms with Gasteiger partial charge >= 0.3 is 5.97 Å². The van der Waals surface area contributed by atoms with Crippen molar-refractivity contribution in [3.8, 4) is 0 Å². The fourth-order valence-corrected chi connectivity index (χ4v) is 1.56. The highest BCUT2D eigenvalue weighted by molar-refractivity contribution is 5.75. The number of carbonyl (C=O) groups excluding carboxylic acids is 1. The molecule has 1 aliphatic rings. The van der Waals surface area contributed by atoms with E-state index < -0.39 is 5.41 Å². The van der Waals surface area contributed by atoms with Crippen molar-refractivity contribution in [2.75, 3.05) is 31.4 Å². The van der Waals surface area contributed by atoms with Crippen LogP contribution in [0.4, 0.5) is 0 Å². The third-order valence-corrected chi connectivity index (χ3v) is 2.93. The van der Waals surface area contributed by atoms with Gasteiger partial charge in [-0.1, -0.05) is 0 Å². The van der Waals surface area contributed by atoms with Crippen LogP contribution in [0.15, 0.2) is 4.63 Å². The fraction of sp³-hybridized carbons (Fsp3) is 0.909. The number of rotatable bonds is 6. The van der Waals surface area contributed by atoms with Crippen molar-refractivity contribution in [2.45, 2.75) is 33.2 Å². The van der Waals surface area contributed by atoms with Crippen LogP contribution in [0.3, 0.4) is 0 Å². The molecule has 0 saturated carbocycles. The molecule has 0 aromatic carbocycles. The summed E-state index contributed by atoms with van der Waals surface area (Å²) in [5.74, 6) is -0.261. The van der Waals surface area contributed by atoms with Gasteiger partial charge in [-0.2, -0.15) is 4.63 Å². The third-order valence-electron chi connectivity index (χ3n) is 2.93. The van der Waals surface area contributed by atoms with Gasteiger partial charge in [0.05, 0.1) is 23.0 Å². The molecule has 1 saturated heterocycles. The minimum absolute atomic E-state index is 0.0901. The van der Waals surface area contributed by atoms with Crippen LogP contribution in [-0.2, 0) is 9.53 Å². The van der Waals surface area contributed by atoms with Crippen LogP contribution in [-0.4, -0.2) is 53.5 Å². The molecular formula is C11H21N3O5. The van der Waals surface area contributed by atoms with Crippen LogP contribution in [0, 0.1) is 5.41 Å². The highest BCUT2D eigenvalue weighted by atomic mass is 17.0. The van der Waals surface area contributed by atoms with Crippen molar-refractivity contribution in [2.24, 2.45) is 5.41 Å². The van der Waals surface area contributed by atoms with E-state index >= 15 is 0 Å². The van der Waals surface area contributed by atoms with E-state index in [9.17, 15) is 4.79 Å². The summed E-state index contributed by atoms with van der Waals surface area (Å²) in [6.45, 7) is 6.70. The third kappa shape index (κ3) is 3.25. The van der Waals surface area contributed by atoms with E-state index in [-0.39, 0.29) is 31.8 Å². The molecule has 1 fully saturated rings. The minimum Gasteiger partial charge on any atom is -0.462 e. The van der Waals surface area contributed by atoms with Gasteiger partial charge in [-0.15, -0.1) is 0 Å². The summed E-state index contributed by atoms with van der Waals surface area (Å²) in [6, 6.07) is 0.0901. The molecule has 0 unspecified atom stereocenters. The second kappa shape index (κ2) is 5.20. The van der Waals surface area contributed by atoms with Gasteiger partial charge in [-0.3, -0.25) is 9.80 Å². The molecule has 0 bridgehead atoms. The van der Waals surface area contributed by atoms with Crippen molar-refractivity contribution in [1.29, 1.82) is 0 Å². The molecule has 1 aliphatic heterocycles. The SMILES string of the molecule is CC(C)(C)C(=O)OCCOn1on1N1CC[C@H]1CO. The van der Waals surface area contributed by atoms with Crippen LogP contribution in [0.2, 0.25) is 0 Å². The smallest absolute Gasteiger partial charge is 0.311 e. The lowest BCUT2D eigenvalue weighted by Crippen LogP contribution is -2.55. The Bertz CT molecular complexity index is 412. The van der Waals surface area contributed by atoms with Gasteiger partial charge in [-0.05, 0) is 27.2 Å². The molecule has 0 aliphatic carbocycles. The molecule has 2 rings (SSSR count). The summed E-state index contributed by atoms with van der Waals surface area (Å²) >= 11 is 0. The fourth-order valence-electron chi connectivity index (χ4n) is 1.56. The Balaban J connectivity index is 1.62. The Hall–Kier alpha value is -1.57. The lowest BCUT2D eigenvalue weighted by molar-refractivity contribution is -0.154. The van der Waals surface area contributed by atoms with E-state index in [4.69, 9.17) is 19.3 Å². The molecule has 8 heteroatoms. The van der Waals surface area contributed by atoms with Gasteiger partial charge in [0, 0.05) is 6.54 Å². The number of esters is 1. The standard InChI is InChI=1S/C11H21N3O5/c1-11(2,3)10(16)17-6-7-18-14-13(19-14)12-5-4-9(12)8-15/h9,15H,4-8H2,1-3H3/t9-,13?,14?/m0/s1. The number of hydrogen-bond donors (Lipinski definition) is 1. The maximum atomic E-state index is 11.5. The van der Waals surface area contributed by atoms with Crippen LogP contribution >= 0.6 is 0 Å². The number of carbonyl (C=O) groups is 1. The Morgan fingerprint density at radius 3 is 2.68 bits per heavy atom. The van der Waals surface area contributed by atoms with Gasteiger partial charge in [0.1, 0.15) is 11.6 Å². The first-order chi connectivity index (χ1) is 8.93. The average Bonchev–Trinajstić information content (AvgIpc) is 3.01. The maximum Gasteiger partial charge on any atom is 0.311 e. The number of aliphatic hydroxyl groups excluding tert-OH is 1. The second-order valence-corrected chi connectivity index (χ2v) is 5.58. The summed E-state index contributed by atoms with van der Waals surface area (Å²) in [7, 11) is 0. The maximum absolute atomic E-state index is 11.5. The molecule has 110 valence electrons. The van der Waals surface area contributed by atoms with Crippen molar-refractivity contribution in [3.63, 3.8) is 0 Å². The van der Waals surface area contributed by atoms with E-state index in [2.05, 4.69) is 0 Å². The first kappa shape index (κ1) is 13.9. The van der Waals surface area contributed by atoms with Crippen molar-refractivity contribution in [1.82, 2.24) is 9.98 Å². The van der Waals surface area contributed by atoms with Gasteiger partial charge in [0.25, 0.3) is 0 Å². The van der Waals surface area contributed by atoms with Crippen LogP contribution in [0.25, 0.3) is 0 Å². The molecule has 1 aromatic heterocycles. The predicted octanol–water partition coefficient (Wildman–Crippen LogP) is -0.397. The van der Waals surface area contributed by atoms with E-state index in [1.165, 1.54) is 9.98 Å². The number of hydrogen-bond acceptors (Lipinski definition) is 6. The molecule has 1 atom stereocenters. The molecule has 8 nitrogen and oxygen atoms in total. The van der Waals surface area contributed by atoms with Gasteiger partial charge in [-0.25, -0.2) is 0 Å². The van der Waals surface area contributed by atoms with Crippen LogP contribution in [0.5, 0.6) is 0 Å². The molecular weight excluding hydrogens is 254 g/mol. The summed E-state index contributed by atoms with van der Waals surface area (Å²) in [5.41, 5.74) is -0.506. The molecule has 0 amide bonds. The molecule has 0 radical (unpaired) electrons. The topological polar surface area (TPSA) is 82.0 Å². The zero-order valence-corrected chi connectivity index (χ0v) is 11.5.